The van der Waals surface area contributed by atoms with E-state index in [1.807, 2.05) is 43.8 Å². The van der Waals surface area contributed by atoms with Crippen LogP contribution in [0, 0.1) is 12.8 Å². The number of carbonyl (C=O) groups is 1. The molecule has 2 atom stereocenters. The van der Waals surface area contributed by atoms with Crippen LogP contribution in [0.3, 0.4) is 0 Å². The van der Waals surface area contributed by atoms with E-state index in [-0.39, 0.29) is 17.9 Å². The van der Waals surface area contributed by atoms with Crippen LogP contribution in [0.25, 0.3) is 0 Å². The Balaban J connectivity index is 1.72. The van der Waals surface area contributed by atoms with E-state index in [0.717, 1.165) is 35.5 Å². The molecule has 7 nitrogen and oxygen atoms in total. The van der Waals surface area contributed by atoms with Gasteiger partial charge < -0.3 is 10.2 Å². The van der Waals surface area contributed by atoms with Gasteiger partial charge in [0.05, 0.1) is 17.9 Å². The van der Waals surface area contributed by atoms with Crippen molar-refractivity contribution in [1.82, 2.24) is 29.8 Å². The predicted octanol–water partition coefficient (Wildman–Crippen LogP) is 1.99. The lowest BCUT2D eigenvalue weighted by Gasteiger charge is -2.25. The molecule has 1 aliphatic heterocycles. The van der Waals surface area contributed by atoms with Crippen LogP contribution >= 0.6 is 11.6 Å². The molecule has 0 unspecified atom stereocenters. The molecule has 0 radical (unpaired) electrons. The molecular formula is C18H27ClN6O. The van der Waals surface area contributed by atoms with Gasteiger partial charge in [-0.05, 0) is 13.3 Å². The third kappa shape index (κ3) is 3.25. The quantitative estimate of drug-likeness (QED) is 0.834. The lowest BCUT2D eigenvalue weighted by Crippen LogP contribution is -2.29. The maximum Gasteiger partial charge on any atom is 0.223 e. The van der Waals surface area contributed by atoms with Gasteiger partial charge in [0.1, 0.15) is 5.15 Å². The molecule has 0 aliphatic carbocycles. The summed E-state index contributed by atoms with van der Waals surface area (Å²) in [4.78, 5) is 14.2. The number of nitrogens with one attached hydrogen (secondary N) is 1. The van der Waals surface area contributed by atoms with Crippen molar-refractivity contribution in [2.24, 2.45) is 20.0 Å². The second-order valence-corrected chi connectivity index (χ2v) is 7.40. The Morgan fingerprint density at radius 1 is 1.31 bits per heavy atom. The third-order valence-corrected chi connectivity index (χ3v) is 5.95. The number of carbonyl (C=O) groups excluding carboxylic acids is 1. The van der Waals surface area contributed by atoms with E-state index in [2.05, 4.69) is 22.4 Å². The van der Waals surface area contributed by atoms with Crippen LogP contribution in [0.5, 0.6) is 0 Å². The second-order valence-electron chi connectivity index (χ2n) is 7.05. The fraction of sp³-hybridized carbons (Fsp3) is 0.611. The van der Waals surface area contributed by atoms with Crippen LogP contribution < -0.4 is 5.32 Å². The summed E-state index contributed by atoms with van der Waals surface area (Å²) in [6, 6.07) is 0.0544. The molecule has 0 bridgehead atoms. The summed E-state index contributed by atoms with van der Waals surface area (Å²) < 4.78 is 3.57. The molecule has 26 heavy (non-hydrogen) atoms. The van der Waals surface area contributed by atoms with Gasteiger partial charge in [-0.2, -0.15) is 10.2 Å². The molecular weight excluding hydrogens is 352 g/mol. The molecule has 2 aromatic heterocycles. The van der Waals surface area contributed by atoms with Crippen LogP contribution in [-0.2, 0) is 31.9 Å². The van der Waals surface area contributed by atoms with Crippen LogP contribution in [-0.4, -0.2) is 44.0 Å². The lowest BCUT2D eigenvalue weighted by molar-refractivity contribution is -0.127. The molecule has 1 saturated heterocycles. The molecule has 2 aromatic rings. The highest BCUT2D eigenvalue weighted by molar-refractivity contribution is 6.30. The Labute approximate surface area is 159 Å². The van der Waals surface area contributed by atoms with Crippen molar-refractivity contribution >= 4 is 17.5 Å². The molecule has 0 spiro atoms. The smallest absolute Gasteiger partial charge is 0.223 e. The third-order valence-electron chi connectivity index (χ3n) is 5.48. The minimum Gasteiger partial charge on any atom is -0.338 e. The van der Waals surface area contributed by atoms with Crippen molar-refractivity contribution in [3.05, 3.63) is 33.9 Å². The first-order valence-corrected chi connectivity index (χ1v) is 9.38. The summed E-state index contributed by atoms with van der Waals surface area (Å²) in [6.07, 6.45) is 3.28. The predicted molar refractivity (Wildman–Crippen MR) is 101 cm³/mol. The van der Waals surface area contributed by atoms with Gasteiger partial charge in [-0.25, -0.2) is 0 Å². The molecule has 0 saturated carbocycles. The van der Waals surface area contributed by atoms with Crippen molar-refractivity contribution in [3.63, 3.8) is 0 Å². The van der Waals surface area contributed by atoms with Gasteiger partial charge in [-0.3, -0.25) is 14.2 Å². The summed E-state index contributed by atoms with van der Waals surface area (Å²) >= 11 is 6.37. The molecule has 8 heteroatoms. The van der Waals surface area contributed by atoms with E-state index in [1.165, 1.54) is 0 Å². The zero-order valence-corrected chi connectivity index (χ0v) is 16.8. The van der Waals surface area contributed by atoms with Gasteiger partial charge in [0.15, 0.2) is 0 Å². The topological polar surface area (TPSA) is 68.0 Å². The Bertz CT molecular complexity index is 811. The van der Waals surface area contributed by atoms with E-state index in [4.69, 9.17) is 11.6 Å². The normalized spacial score (nSPS) is 20.4. The summed E-state index contributed by atoms with van der Waals surface area (Å²) in [7, 11) is 5.67. The van der Waals surface area contributed by atoms with E-state index in [9.17, 15) is 4.79 Å². The highest BCUT2D eigenvalue weighted by Gasteiger charge is 2.39. The molecule has 3 heterocycles. The number of aryl methyl sites for hydroxylation is 3. The molecule has 1 fully saturated rings. The minimum absolute atomic E-state index is 0.0544. The number of nitrogens with zero attached hydrogens (tertiary/aromatic N) is 5. The van der Waals surface area contributed by atoms with E-state index >= 15 is 0 Å². The molecule has 1 amide bonds. The summed E-state index contributed by atoms with van der Waals surface area (Å²) in [6.45, 7) is 5.52. The zero-order valence-electron chi connectivity index (χ0n) is 16.1. The largest absolute Gasteiger partial charge is 0.338 e. The molecule has 1 N–H and O–H groups in total. The number of hydrogen-bond donors (Lipinski definition) is 1. The van der Waals surface area contributed by atoms with Crippen LogP contribution in [0.4, 0.5) is 0 Å². The summed E-state index contributed by atoms with van der Waals surface area (Å²) in [5, 5.41) is 13.0. The van der Waals surface area contributed by atoms with E-state index in [0.29, 0.717) is 18.1 Å². The van der Waals surface area contributed by atoms with Crippen LogP contribution in [0.1, 0.15) is 41.9 Å². The zero-order chi connectivity index (χ0) is 19.0. The monoisotopic (exact) mass is 378 g/mol. The maximum atomic E-state index is 12.3. The fourth-order valence-corrected chi connectivity index (χ4v) is 4.06. The fourth-order valence-electron chi connectivity index (χ4n) is 3.85. The van der Waals surface area contributed by atoms with Crippen molar-refractivity contribution < 1.29 is 4.79 Å². The number of hydrogen-bond acceptors (Lipinski definition) is 4. The Hall–Kier alpha value is -1.86. The molecule has 3 rings (SSSR count). The second kappa shape index (κ2) is 7.40. The van der Waals surface area contributed by atoms with Crippen LogP contribution in [0.2, 0.25) is 5.15 Å². The average molecular weight is 379 g/mol. The molecule has 142 valence electrons. The van der Waals surface area contributed by atoms with E-state index in [1.54, 1.807) is 4.68 Å². The standard InChI is InChI=1S/C18H27ClN6O/c1-6-15-14(18(19)25(5)22-15)9-20-8-12-7-16(26)23(3)17(12)13-10-21-24(4)11(13)2/h10,12,17,20H,6-9H2,1-5H3/t12-,17+/m0/s1. The van der Waals surface area contributed by atoms with Gasteiger partial charge >= 0.3 is 0 Å². The number of aromatic nitrogens is 4. The minimum atomic E-state index is 0.0544. The Morgan fingerprint density at radius 3 is 2.65 bits per heavy atom. The maximum absolute atomic E-state index is 12.3. The van der Waals surface area contributed by atoms with Crippen molar-refractivity contribution in [2.75, 3.05) is 13.6 Å². The van der Waals surface area contributed by atoms with E-state index < -0.39 is 0 Å². The van der Waals surface area contributed by atoms with Gasteiger partial charge in [0.25, 0.3) is 0 Å². The van der Waals surface area contributed by atoms with Gasteiger partial charge in [-0.15, -0.1) is 0 Å². The first-order chi connectivity index (χ1) is 12.3. The number of likely N-dealkylation sites (tertiary alicyclic amines) is 1. The Morgan fingerprint density at radius 2 is 2.04 bits per heavy atom. The highest BCUT2D eigenvalue weighted by Crippen LogP contribution is 2.37. The Kier molecular flexibility index (Phi) is 5.39. The van der Waals surface area contributed by atoms with Crippen molar-refractivity contribution in [1.29, 1.82) is 0 Å². The summed E-state index contributed by atoms with van der Waals surface area (Å²) in [5.74, 6) is 0.384. The first kappa shape index (κ1) is 18.9. The first-order valence-electron chi connectivity index (χ1n) is 9.00. The van der Waals surface area contributed by atoms with Gasteiger partial charge in [0, 0.05) is 63.4 Å². The SMILES string of the molecule is CCc1nn(C)c(Cl)c1CNC[C@@H]1CC(=O)N(C)[C@H]1c1cnn(C)c1C. The molecule has 1 aliphatic rings. The summed E-state index contributed by atoms with van der Waals surface area (Å²) in [5.41, 5.74) is 4.29. The highest BCUT2D eigenvalue weighted by atomic mass is 35.5. The average Bonchev–Trinajstić information content (AvgIpc) is 3.18. The van der Waals surface area contributed by atoms with Crippen molar-refractivity contribution in [3.8, 4) is 0 Å². The van der Waals surface area contributed by atoms with Gasteiger partial charge in [-0.1, -0.05) is 18.5 Å². The number of halogens is 1. The lowest BCUT2D eigenvalue weighted by atomic mass is 9.94. The van der Waals surface area contributed by atoms with Crippen LogP contribution in [0.15, 0.2) is 6.20 Å². The van der Waals surface area contributed by atoms with Gasteiger partial charge in [0.2, 0.25) is 5.91 Å². The van der Waals surface area contributed by atoms with Crippen molar-refractivity contribution in [2.45, 2.75) is 39.3 Å². The number of amides is 1. The molecule has 0 aromatic carbocycles. The number of rotatable bonds is 6.